The zero-order valence-electron chi connectivity index (χ0n) is 20.5. The van der Waals surface area contributed by atoms with Gasteiger partial charge in [0.1, 0.15) is 5.69 Å². The zero-order chi connectivity index (χ0) is 28.4. The number of ether oxygens (including phenoxy) is 3. The van der Waals surface area contributed by atoms with E-state index in [2.05, 4.69) is 15.9 Å². The molecule has 5 rings (SSSR count). The van der Waals surface area contributed by atoms with Gasteiger partial charge in [-0.3, -0.25) is 4.79 Å². The molecule has 39 heavy (non-hydrogen) atoms. The Morgan fingerprint density at radius 1 is 1.18 bits per heavy atom. The molecule has 3 heterocycles. The number of carbonyl (C=O) groups is 2. The lowest BCUT2D eigenvalue weighted by Gasteiger charge is -2.19. The number of alkyl halides is 4. The maximum absolute atomic E-state index is 13.7. The third-order valence-electron chi connectivity index (χ3n) is 6.61. The van der Waals surface area contributed by atoms with Gasteiger partial charge in [-0.2, -0.15) is 13.2 Å². The van der Waals surface area contributed by atoms with Crippen LogP contribution in [0.15, 0.2) is 22.6 Å². The number of aromatic carboxylic acids is 1. The number of hydrogen-bond donors (Lipinski definition) is 2. The van der Waals surface area contributed by atoms with E-state index in [-0.39, 0.29) is 51.4 Å². The zero-order valence-corrected chi connectivity index (χ0v) is 22.1. The molecule has 14 heteroatoms. The number of halogens is 4. The van der Waals surface area contributed by atoms with E-state index in [0.717, 1.165) is 6.07 Å². The normalized spacial score (nSPS) is 15.2. The molecule has 0 saturated heterocycles. The molecule has 0 aliphatic carbocycles. The number of nitrogens with zero attached hydrogens (tertiary/aromatic N) is 1. The van der Waals surface area contributed by atoms with Crippen LogP contribution in [-0.2, 0) is 6.18 Å². The minimum absolute atomic E-state index is 0.000225. The van der Waals surface area contributed by atoms with Crippen LogP contribution in [0.4, 0.5) is 18.9 Å². The Balaban J connectivity index is 1.71. The number of carboxylic acids is 1. The number of fused-ring (bicyclic) bond motifs is 4. The van der Waals surface area contributed by atoms with Crippen LogP contribution in [0.1, 0.15) is 38.1 Å². The highest BCUT2D eigenvalue weighted by Gasteiger charge is 2.43. The average molecular weight is 612 g/mol. The van der Waals surface area contributed by atoms with Crippen LogP contribution >= 0.6 is 15.9 Å². The molecule has 0 spiro atoms. The van der Waals surface area contributed by atoms with Gasteiger partial charge in [-0.15, -0.1) is 0 Å². The number of methoxy groups -OCH3 is 3. The molecule has 1 aliphatic rings. The Morgan fingerprint density at radius 3 is 2.44 bits per heavy atom. The summed E-state index contributed by atoms with van der Waals surface area (Å²) in [6.07, 6.45) is -5.06. The summed E-state index contributed by atoms with van der Waals surface area (Å²) in [5, 5.41) is 22.9. The van der Waals surface area contributed by atoms with E-state index in [1.807, 2.05) is 4.98 Å². The standard InChI is InChI=1S/C25H20BrF3N2O8/c1-36-13-4-9-5-14(39-19(9)21(38-3)20(13)37-2)23(33)31-8-10(7-26)15-11(31)6-12(32)18-16(15)17(24(34)35)22(30-18)25(27,28)29/h4-6,10,30,32H,7-8H2,1-3H3,(H,34,35)/p-1/t10-/m1/s1. The van der Waals surface area contributed by atoms with Crippen molar-refractivity contribution in [3.8, 4) is 23.0 Å². The van der Waals surface area contributed by atoms with Gasteiger partial charge in [-0.1, -0.05) is 21.7 Å². The third-order valence-corrected chi connectivity index (χ3v) is 7.39. The quantitative estimate of drug-likeness (QED) is 0.295. The molecule has 0 unspecified atom stereocenters. The van der Waals surface area contributed by atoms with Crippen LogP contribution in [0.2, 0.25) is 0 Å². The lowest BCUT2D eigenvalue weighted by atomic mass is 9.95. The van der Waals surface area contributed by atoms with E-state index in [1.165, 1.54) is 32.3 Å². The van der Waals surface area contributed by atoms with Gasteiger partial charge in [-0.05, 0) is 23.8 Å². The van der Waals surface area contributed by atoms with Gasteiger partial charge in [0.15, 0.2) is 17.1 Å². The highest BCUT2D eigenvalue weighted by Crippen LogP contribution is 2.49. The molecule has 2 aromatic carbocycles. The summed E-state index contributed by atoms with van der Waals surface area (Å²) < 4.78 is 63.0. The van der Waals surface area contributed by atoms with Crippen LogP contribution in [0.3, 0.4) is 0 Å². The fraction of sp³-hybridized carbons (Fsp3) is 0.280. The summed E-state index contributed by atoms with van der Waals surface area (Å²) in [5.74, 6) is -3.50. The van der Waals surface area contributed by atoms with Crippen molar-refractivity contribution in [2.45, 2.75) is 12.1 Å². The Morgan fingerprint density at radius 2 is 1.87 bits per heavy atom. The SMILES string of the molecule is COc1cc2cc(C(=O)N3C[C@@H](CBr)c4c3cc([O-])c3[nH]c(C(F)(F)F)c(C(=O)O)c43)oc2c(OC)c1OC. The monoisotopic (exact) mass is 611 g/mol. The molecule has 10 nitrogen and oxygen atoms in total. The second-order valence-corrected chi connectivity index (χ2v) is 9.32. The van der Waals surface area contributed by atoms with E-state index in [1.54, 1.807) is 6.07 Å². The Kier molecular flexibility index (Phi) is 6.32. The number of nitrogens with one attached hydrogen (secondary N) is 1. The lowest BCUT2D eigenvalue weighted by molar-refractivity contribution is -0.266. The molecule has 1 aliphatic heterocycles. The number of H-pyrrole nitrogens is 1. The van der Waals surface area contributed by atoms with Crippen LogP contribution < -0.4 is 24.2 Å². The molecule has 0 radical (unpaired) electrons. The van der Waals surface area contributed by atoms with Crippen molar-refractivity contribution >= 4 is 55.4 Å². The van der Waals surface area contributed by atoms with E-state index < -0.39 is 46.5 Å². The minimum atomic E-state index is -5.06. The molecule has 1 atom stereocenters. The maximum Gasteiger partial charge on any atom is 0.432 e. The second-order valence-electron chi connectivity index (χ2n) is 8.68. The average Bonchev–Trinajstić information content (AvgIpc) is 3.59. The van der Waals surface area contributed by atoms with Crippen LogP contribution in [0.5, 0.6) is 23.0 Å². The Hall–Kier alpha value is -4.07. The van der Waals surface area contributed by atoms with E-state index in [4.69, 9.17) is 18.6 Å². The molecule has 2 N–H and O–H groups in total. The van der Waals surface area contributed by atoms with E-state index in [9.17, 15) is 33.0 Å². The van der Waals surface area contributed by atoms with E-state index >= 15 is 0 Å². The number of furan rings is 1. The number of aromatic nitrogens is 1. The summed E-state index contributed by atoms with van der Waals surface area (Å²) in [6.45, 7) is -0.0512. The largest absolute Gasteiger partial charge is 0.871 e. The third kappa shape index (κ3) is 3.92. The number of anilines is 1. The predicted octanol–water partition coefficient (Wildman–Crippen LogP) is 4.87. The smallest absolute Gasteiger partial charge is 0.432 e. The molecule has 1 amide bonds. The van der Waals surface area contributed by atoms with Gasteiger partial charge in [0.25, 0.3) is 5.91 Å². The predicted molar refractivity (Wildman–Crippen MR) is 134 cm³/mol. The Bertz CT molecular complexity index is 1660. The molecule has 0 bridgehead atoms. The van der Waals surface area contributed by atoms with Crippen molar-refractivity contribution in [1.29, 1.82) is 0 Å². The summed E-state index contributed by atoms with van der Waals surface area (Å²) in [5.41, 5.74) is -2.79. The highest BCUT2D eigenvalue weighted by molar-refractivity contribution is 9.09. The summed E-state index contributed by atoms with van der Waals surface area (Å²) in [4.78, 5) is 28.8. The molecule has 4 aromatic rings. The summed E-state index contributed by atoms with van der Waals surface area (Å²) in [7, 11) is 4.21. The number of aromatic amines is 1. The first-order valence-corrected chi connectivity index (χ1v) is 12.4. The molecule has 2 aromatic heterocycles. The first-order valence-electron chi connectivity index (χ1n) is 11.3. The number of hydrogen-bond acceptors (Lipinski definition) is 7. The van der Waals surface area contributed by atoms with Crippen molar-refractivity contribution in [3.05, 3.63) is 40.8 Å². The highest BCUT2D eigenvalue weighted by atomic mass is 79.9. The van der Waals surface area contributed by atoms with Crippen LogP contribution in [0, 0.1) is 0 Å². The maximum atomic E-state index is 13.7. The second kappa shape index (κ2) is 9.29. The van der Waals surface area contributed by atoms with Gasteiger partial charge in [-0.25, -0.2) is 4.79 Å². The van der Waals surface area contributed by atoms with Gasteiger partial charge in [0.2, 0.25) is 11.5 Å². The fourth-order valence-corrected chi connectivity index (χ4v) is 5.56. The van der Waals surface area contributed by atoms with E-state index in [0.29, 0.717) is 11.1 Å². The van der Waals surface area contributed by atoms with Crippen molar-refractivity contribution < 1.29 is 51.6 Å². The molecular weight excluding hydrogens is 593 g/mol. The number of benzene rings is 2. The van der Waals surface area contributed by atoms with Crippen LogP contribution in [0.25, 0.3) is 21.9 Å². The first kappa shape index (κ1) is 26.5. The Labute approximate surface area is 226 Å². The number of amides is 1. The first-order chi connectivity index (χ1) is 18.5. The van der Waals surface area contributed by atoms with Crippen molar-refractivity contribution in [2.75, 3.05) is 38.1 Å². The van der Waals surface area contributed by atoms with Gasteiger partial charge < -0.3 is 38.7 Å². The van der Waals surface area contributed by atoms with Crippen molar-refractivity contribution in [1.82, 2.24) is 4.98 Å². The van der Waals surface area contributed by atoms with Gasteiger partial charge in [0, 0.05) is 39.8 Å². The van der Waals surface area contributed by atoms with Crippen molar-refractivity contribution in [2.24, 2.45) is 0 Å². The topological polar surface area (TPSA) is 137 Å². The number of carbonyl (C=O) groups excluding carboxylic acids is 1. The summed E-state index contributed by atoms with van der Waals surface area (Å²) >= 11 is 3.31. The minimum Gasteiger partial charge on any atom is -0.871 e. The lowest BCUT2D eigenvalue weighted by Crippen LogP contribution is -2.29. The fourth-order valence-electron chi connectivity index (χ4n) is 5.03. The summed E-state index contributed by atoms with van der Waals surface area (Å²) in [6, 6.07) is 4.03. The van der Waals surface area contributed by atoms with Crippen LogP contribution in [-0.4, -0.2) is 55.2 Å². The van der Waals surface area contributed by atoms with Gasteiger partial charge >= 0.3 is 12.1 Å². The molecule has 0 fully saturated rings. The molecule has 206 valence electrons. The molecular formula is C25H19BrF3N2O8-. The number of rotatable bonds is 6. The van der Waals surface area contributed by atoms with Crippen molar-refractivity contribution in [3.63, 3.8) is 0 Å². The van der Waals surface area contributed by atoms with Gasteiger partial charge in [0.05, 0.1) is 26.9 Å². The molecule has 0 saturated carbocycles. The number of carboxylic acid groups (broad SMARTS) is 1.